The average molecular weight is 478 g/mol. The van der Waals surface area contributed by atoms with Gasteiger partial charge in [-0.05, 0) is 74.2 Å². The van der Waals surface area contributed by atoms with Crippen LogP contribution < -0.4 is 4.74 Å². The molecule has 6 nitrogen and oxygen atoms in total. The molecule has 0 saturated heterocycles. The van der Waals surface area contributed by atoms with Crippen molar-refractivity contribution < 1.29 is 13.2 Å². The Balaban J connectivity index is 1.44. The van der Waals surface area contributed by atoms with Gasteiger partial charge >= 0.3 is 0 Å². The monoisotopic (exact) mass is 477 g/mol. The summed E-state index contributed by atoms with van der Waals surface area (Å²) in [4.78, 5) is 5.03. The lowest BCUT2D eigenvalue weighted by molar-refractivity contribution is 0.302. The minimum Gasteiger partial charge on any atom is -0.494 e. The van der Waals surface area contributed by atoms with Crippen LogP contribution in [0, 0.1) is 13.8 Å². The van der Waals surface area contributed by atoms with Gasteiger partial charge in [-0.25, -0.2) is 13.4 Å². The zero-order valence-electron chi connectivity index (χ0n) is 19.9. The standard InChI is InChI=1S/C27H31N3O3S/c1-21-15-16-23(19-22(21)2)33-18-10-9-17-30-26-14-8-7-13-25(26)28-27(30)20-29(3)34(31,32)24-11-5-4-6-12-24/h4-8,11-16,19H,9-10,17-18,20H2,1-3H3. The van der Waals surface area contributed by atoms with Gasteiger partial charge in [-0.15, -0.1) is 0 Å². The van der Waals surface area contributed by atoms with Crippen LogP contribution in [0.15, 0.2) is 77.7 Å². The molecule has 0 radical (unpaired) electrons. The van der Waals surface area contributed by atoms with Gasteiger partial charge in [0.1, 0.15) is 11.6 Å². The summed E-state index contributed by atoms with van der Waals surface area (Å²) in [6.45, 7) is 5.75. The van der Waals surface area contributed by atoms with Crippen LogP contribution in [0.1, 0.15) is 29.8 Å². The van der Waals surface area contributed by atoms with E-state index in [0.717, 1.165) is 42.0 Å². The Labute approximate surface area is 201 Å². The summed E-state index contributed by atoms with van der Waals surface area (Å²) >= 11 is 0. The normalized spacial score (nSPS) is 11.9. The highest BCUT2D eigenvalue weighted by Gasteiger charge is 2.23. The quantitative estimate of drug-likeness (QED) is 0.290. The van der Waals surface area contributed by atoms with Crippen LogP contribution in [0.3, 0.4) is 0 Å². The van der Waals surface area contributed by atoms with Gasteiger partial charge in [-0.3, -0.25) is 0 Å². The maximum absolute atomic E-state index is 13.0. The summed E-state index contributed by atoms with van der Waals surface area (Å²) < 4.78 is 35.4. The Morgan fingerprint density at radius 3 is 2.41 bits per heavy atom. The van der Waals surface area contributed by atoms with Crippen molar-refractivity contribution in [2.45, 2.75) is 44.7 Å². The Bertz CT molecular complexity index is 1360. The molecule has 0 saturated carbocycles. The Hall–Kier alpha value is -3.16. The zero-order valence-corrected chi connectivity index (χ0v) is 20.8. The predicted molar refractivity (Wildman–Crippen MR) is 135 cm³/mol. The van der Waals surface area contributed by atoms with Crippen LogP contribution in [0.4, 0.5) is 0 Å². The van der Waals surface area contributed by atoms with E-state index >= 15 is 0 Å². The molecule has 3 aromatic carbocycles. The Kier molecular flexibility index (Phi) is 7.34. The second-order valence-electron chi connectivity index (χ2n) is 8.54. The maximum atomic E-state index is 13.0. The summed E-state index contributed by atoms with van der Waals surface area (Å²) in [6, 6.07) is 22.6. The van der Waals surface area contributed by atoms with E-state index in [-0.39, 0.29) is 11.4 Å². The highest BCUT2D eigenvalue weighted by atomic mass is 32.2. The van der Waals surface area contributed by atoms with Crippen molar-refractivity contribution in [1.82, 2.24) is 13.9 Å². The number of para-hydroxylation sites is 2. The van der Waals surface area contributed by atoms with Gasteiger partial charge in [0.25, 0.3) is 0 Å². The number of aromatic nitrogens is 2. The summed E-state index contributed by atoms with van der Waals surface area (Å²) in [5.74, 6) is 1.63. The van der Waals surface area contributed by atoms with Gasteiger partial charge in [0.15, 0.2) is 0 Å². The third-order valence-corrected chi connectivity index (χ3v) is 7.89. The molecule has 0 atom stereocenters. The van der Waals surface area contributed by atoms with Crippen LogP contribution in [-0.4, -0.2) is 35.9 Å². The molecule has 4 rings (SSSR count). The molecule has 0 aliphatic rings. The number of aryl methyl sites for hydroxylation is 3. The predicted octanol–water partition coefficient (Wildman–Crippen LogP) is 5.33. The van der Waals surface area contributed by atoms with Crippen LogP contribution in [-0.2, 0) is 23.1 Å². The van der Waals surface area contributed by atoms with Gasteiger partial charge in [0.05, 0.1) is 29.1 Å². The van der Waals surface area contributed by atoms with E-state index in [9.17, 15) is 8.42 Å². The molecule has 1 heterocycles. The van der Waals surface area contributed by atoms with Crippen molar-refractivity contribution in [1.29, 1.82) is 0 Å². The third-order valence-electron chi connectivity index (χ3n) is 6.07. The number of fused-ring (bicyclic) bond motifs is 1. The van der Waals surface area contributed by atoms with E-state index in [1.165, 1.54) is 15.4 Å². The molecule has 0 N–H and O–H groups in total. The lowest BCUT2D eigenvalue weighted by atomic mass is 10.1. The summed E-state index contributed by atoms with van der Waals surface area (Å²) in [5, 5.41) is 0. The van der Waals surface area contributed by atoms with Gasteiger partial charge in [-0.2, -0.15) is 4.31 Å². The van der Waals surface area contributed by atoms with Crippen molar-refractivity contribution in [2.24, 2.45) is 0 Å². The SMILES string of the molecule is Cc1ccc(OCCCCn2c(CN(C)S(=O)(=O)c3ccccc3)nc3ccccc32)cc1C. The number of imidazole rings is 1. The summed E-state index contributed by atoms with van der Waals surface area (Å²) in [5.41, 5.74) is 4.36. The lowest BCUT2D eigenvalue weighted by Crippen LogP contribution is -2.28. The molecule has 0 aliphatic heterocycles. The number of rotatable bonds is 10. The first-order chi connectivity index (χ1) is 16.4. The number of unbranched alkanes of at least 4 members (excludes halogenated alkanes) is 1. The molecule has 7 heteroatoms. The minimum absolute atomic E-state index is 0.199. The molecule has 0 spiro atoms. The van der Waals surface area contributed by atoms with E-state index in [1.54, 1.807) is 31.3 Å². The largest absolute Gasteiger partial charge is 0.494 e. The van der Waals surface area contributed by atoms with E-state index in [4.69, 9.17) is 9.72 Å². The number of ether oxygens (including phenoxy) is 1. The second kappa shape index (κ2) is 10.4. The number of hydrogen-bond donors (Lipinski definition) is 0. The summed E-state index contributed by atoms with van der Waals surface area (Å²) in [7, 11) is -2.00. The van der Waals surface area contributed by atoms with E-state index in [0.29, 0.717) is 6.61 Å². The van der Waals surface area contributed by atoms with Crippen molar-refractivity contribution in [3.05, 3.63) is 89.7 Å². The fraction of sp³-hybridized carbons (Fsp3) is 0.296. The van der Waals surface area contributed by atoms with Gasteiger partial charge in [-0.1, -0.05) is 36.4 Å². The highest BCUT2D eigenvalue weighted by molar-refractivity contribution is 7.89. The minimum atomic E-state index is -3.60. The molecular formula is C27H31N3O3S. The van der Waals surface area contributed by atoms with Gasteiger partial charge in [0.2, 0.25) is 10.0 Å². The molecule has 0 aliphatic carbocycles. The number of hydrogen-bond acceptors (Lipinski definition) is 4. The average Bonchev–Trinajstić information content (AvgIpc) is 3.18. The molecular weight excluding hydrogens is 446 g/mol. The molecule has 0 fully saturated rings. The molecule has 1 aromatic heterocycles. The Morgan fingerprint density at radius 1 is 0.912 bits per heavy atom. The molecule has 34 heavy (non-hydrogen) atoms. The van der Waals surface area contributed by atoms with Crippen molar-refractivity contribution in [3.63, 3.8) is 0 Å². The van der Waals surface area contributed by atoms with Gasteiger partial charge < -0.3 is 9.30 Å². The topological polar surface area (TPSA) is 64.4 Å². The van der Waals surface area contributed by atoms with Crippen molar-refractivity contribution >= 4 is 21.1 Å². The van der Waals surface area contributed by atoms with Crippen molar-refractivity contribution in [2.75, 3.05) is 13.7 Å². The second-order valence-corrected chi connectivity index (χ2v) is 10.6. The fourth-order valence-electron chi connectivity index (χ4n) is 3.92. The van der Waals surface area contributed by atoms with Crippen molar-refractivity contribution in [3.8, 4) is 5.75 Å². The summed E-state index contributed by atoms with van der Waals surface area (Å²) in [6.07, 6.45) is 1.78. The number of sulfonamides is 1. The zero-order chi connectivity index (χ0) is 24.1. The van der Waals surface area contributed by atoms with E-state index in [2.05, 4.69) is 30.5 Å². The van der Waals surface area contributed by atoms with Crippen LogP contribution >= 0.6 is 0 Å². The lowest BCUT2D eigenvalue weighted by Gasteiger charge is -2.18. The first-order valence-corrected chi connectivity index (χ1v) is 13.0. The van der Waals surface area contributed by atoms with E-state index < -0.39 is 10.0 Å². The highest BCUT2D eigenvalue weighted by Crippen LogP contribution is 2.21. The van der Waals surface area contributed by atoms with Crippen LogP contribution in [0.25, 0.3) is 11.0 Å². The third kappa shape index (κ3) is 5.32. The molecule has 0 amide bonds. The fourth-order valence-corrected chi connectivity index (χ4v) is 5.06. The molecule has 0 bridgehead atoms. The number of benzene rings is 3. The van der Waals surface area contributed by atoms with Crippen LogP contribution in [0.2, 0.25) is 0 Å². The smallest absolute Gasteiger partial charge is 0.243 e. The van der Waals surface area contributed by atoms with E-state index in [1.807, 2.05) is 36.4 Å². The van der Waals surface area contributed by atoms with Crippen LogP contribution in [0.5, 0.6) is 5.75 Å². The molecule has 178 valence electrons. The maximum Gasteiger partial charge on any atom is 0.243 e. The Morgan fingerprint density at radius 2 is 1.65 bits per heavy atom. The van der Waals surface area contributed by atoms with Gasteiger partial charge in [0, 0.05) is 13.6 Å². The first kappa shape index (κ1) is 24.0. The molecule has 4 aromatic rings. The molecule has 0 unspecified atom stereocenters. The number of nitrogens with zero attached hydrogens (tertiary/aromatic N) is 3. The first-order valence-electron chi connectivity index (χ1n) is 11.5.